The number of benzene rings is 1. The number of imidazole rings is 1. The number of anilines is 2. The molecule has 1 aromatic carbocycles. The third-order valence-electron chi connectivity index (χ3n) is 3.55. The van der Waals surface area contributed by atoms with Crippen LogP contribution in [0.4, 0.5) is 11.6 Å². The molecule has 0 saturated carbocycles. The summed E-state index contributed by atoms with van der Waals surface area (Å²) in [5.74, 6) is 0.974. The van der Waals surface area contributed by atoms with Crippen molar-refractivity contribution in [3.8, 4) is 0 Å². The van der Waals surface area contributed by atoms with E-state index < -0.39 is 0 Å². The van der Waals surface area contributed by atoms with Gasteiger partial charge in [0.25, 0.3) is 0 Å². The summed E-state index contributed by atoms with van der Waals surface area (Å²) in [5.41, 5.74) is 3.69. The molecule has 21 heavy (non-hydrogen) atoms. The lowest BCUT2D eigenvalue weighted by Gasteiger charge is -2.14. The highest BCUT2D eigenvalue weighted by Crippen LogP contribution is 2.13. The second-order valence-corrected chi connectivity index (χ2v) is 5.67. The molecule has 0 amide bonds. The minimum absolute atomic E-state index is 0.812. The second kappa shape index (κ2) is 6.63. The van der Waals surface area contributed by atoms with E-state index in [9.17, 15) is 0 Å². The maximum Gasteiger partial charge on any atom is 0.204 e. The molecule has 0 atom stereocenters. The predicted octanol–water partition coefficient (Wildman–Crippen LogP) is 1.84. The van der Waals surface area contributed by atoms with Crippen LogP contribution in [0.25, 0.3) is 0 Å². The molecular weight excluding hydrogens is 262 g/mol. The van der Waals surface area contributed by atoms with E-state index in [-0.39, 0.29) is 0 Å². The van der Waals surface area contributed by atoms with Crippen molar-refractivity contribution >= 4 is 11.6 Å². The Kier molecular flexibility index (Phi) is 4.85. The molecule has 114 valence electrons. The minimum atomic E-state index is 0.812. The van der Waals surface area contributed by atoms with Gasteiger partial charge in [-0.2, -0.15) is 0 Å². The molecule has 1 N–H and O–H groups in total. The standard InChI is InChI=1S/C16H25N5/c1-19(2)14-8-6-13(7-9-14)10-17-11-15-12-18-16(20(3)4)21(15)5/h6-9,12,17H,10-11H2,1-5H3. The van der Waals surface area contributed by atoms with Crippen LogP contribution in [0.3, 0.4) is 0 Å². The summed E-state index contributed by atoms with van der Waals surface area (Å²) < 4.78 is 2.11. The lowest BCUT2D eigenvalue weighted by Crippen LogP contribution is -2.18. The summed E-state index contributed by atoms with van der Waals surface area (Å²) in [4.78, 5) is 8.54. The molecule has 5 heteroatoms. The Morgan fingerprint density at radius 3 is 2.19 bits per heavy atom. The number of hydrogen-bond donors (Lipinski definition) is 1. The van der Waals surface area contributed by atoms with Crippen molar-refractivity contribution in [1.82, 2.24) is 14.9 Å². The molecule has 0 unspecified atom stereocenters. The molecule has 0 fully saturated rings. The first-order valence-electron chi connectivity index (χ1n) is 7.14. The van der Waals surface area contributed by atoms with Crippen molar-refractivity contribution in [2.75, 3.05) is 38.0 Å². The van der Waals surface area contributed by atoms with Gasteiger partial charge in [0.05, 0.1) is 11.9 Å². The average Bonchev–Trinajstić information content (AvgIpc) is 2.81. The van der Waals surface area contributed by atoms with Gasteiger partial charge >= 0.3 is 0 Å². The molecule has 0 spiro atoms. The Hall–Kier alpha value is -2.01. The molecule has 1 aromatic heterocycles. The highest BCUT2D eigenvalue weighted by atomic mass is 15.3. The van der Waals surface area contributed by atoms with Gasteiger partial charge in [0, 0.05) is 54.0 Å². The fraction of sp³-hybridized carbons (Fsp3) is 0.438. The maximum atomic E-state index is 4.42. The van der Waals surface area contributed by atoms with E-state index in [1.165, 1.54) is 16.9 Å². The largest absolute Gasteiger partial charge is 0.378 e. The van der Waals surface area contributed by atoms with E-state index in [4.69, 9.17) is 0 Å². The van der Waals surface area contributed by atoms with Crippen LogP contribution < -0.4 is 15.1 Å². The van der Waals surface area contributed by atoms with Crippen molar-refractivity contribution in [3.05, 3.63) is 41.7 Å². The number of rotatable bonds is 6. The van der Waals surface area contributed by atoms with Gasteiger partial charge in [0.15, 0.2) is 0 Å². The molecule has 0 radical (unpaired) electrons. The number of nitrogens with zero attached hydrogens (tertiary/aromatic N) is 4. The topological polar surface area (TPSA) is 36.3 Å². The number of aromatic nitrogens is 2. The molecular formula is C16H25N5. The van der Waals surface area contributed by atoms with Gasteiger partial charge in [-0.1, -0.05) is 12.1 Å². The normalized spacial score (nSPS) is 10.7. The first-order chi connectivity index (χ1) is 9.99. The fourth-order valence-electron chi connectivity index (χ4n) is 2.26. The Bertz CT molecular complexity index is 569. The first-order valence-corrected chi connectivity index (χ1v) is 7.14. The summed E-state index contributed by atoms with van der Waals surface area (Å²) in [6.45, 7) is 1.67. The van der Waals surface area contributed by atoms with Crippen molar-refractivity contribution < 1.29 is 0 Å². The molecule has 0 aliphatic carbocycles. The van der Waals surface area contributed by atoms with Crippen LogP contribution in [0.5, 0.6) is 0 Å². The van der Waals surface area contributed by atoms with Crippen LogP contribution in [0.15, 0.2) is 30.5 Å². The quantitative estimate of drug-likeness (QED) is 0.879. The van der Waals surface area contributed by atoms with Crippen LogP contribution in [-0.4, -0.2) is 37.7 Å². The first kappa shape index (κ1) is 15.4. The predicted molar refractivity (Wildman–Crippen MR) is 88.8 cm³/mol. The van der Waals surface area contributed by atoms with Crippen molar-refractivity contribution in [2.45, 2.75) is 13.1 Å². The zero-order valence-corrected chi connectivity index (χ0v) is 13.6. The third-order valence-corrected chi connectivity index (χ3v) is 3.55. The smallest absolute Gasteiger partial charge is 0.204 e. The Morgan fingerprint density at radius 2 is 1.67 bits per heavy atom. The maximum absolute atomic E-state index is 4.42. The Balaban J connectivity index is 1.89. The van der Waals surface area contributed by atoms with Gasteiger partial charge in [-0.25, -0.2) is 4.98 Å². The molecule has 2 aromatic rings. The lowest BCUT2D eigenvalue weighted by atomic mass is 10.2. The van der Waals surface area contributed by atoms with Gasteiger partial charge in [-0.3, -0.25) is 0 Å². The second-order valence-electron chi connectivity index (χ2n) is 5.67. The van der Waals surface area contributed by atoms with E-state index >= 15 is 0 Å². The van der Waals surface area contributed by atoms with Gasteiger partial charge in [0.2, 0.25) is 5.95 Å². The SMILES string of the molecule is CN(C)c1ccc(CNCc2cnc(N(C)C)n2C)cc1. The van der Waals surface area contributed by atoms with Crippen LogP contribution in [0, 0.1) is 0 Å². The zero-order chi connectivity index (χ0) is 15.4. The van der Waals surface area contributed by atoms with E-state index in [1.54, 1.807) is 0 Å². The lowest BCUT2D eigenvalue weighted by molar-refractivity contribution is 0.654. The van der Waals surface area contributed by atoms with Gasteiger partial charge < -0.3 is 19.7 Å². The van der Waals surface area contributed by atoms with Gasteiger partial charge in [-0.15, -0.1) is 0 Å². The summed E-state index contributed by atoms with van der Waals surface area (Å²) in [5, 5.41) is 3.47. The van der Waals surface area contributed by atoms with Crippen molar-refractivity contribution in [1.29, 1.82) is 0 Å². The van der Waals surface area contributed by atoms with Gasteiger partial charge in [0.1, 0.15) is 0 Å². The average molecular weight is 287 g/mol. The van der Waals surface area contributed by atoms with E-state index in [0.29, 0.717) is 0 Å². The van der Waals surface area contributed by atoms with E-state index in [0.717, 1.165) is 19.0 Å². The molecule has 5 nitrogen and oxygen atoms in total. The van der Waals surface area contributed by atoms with Crippen molar-refractivity contribution in [3.63, 3.8) is 0 Å². The van der Waals surface area contributed by atoms with E-state index in [1.807, 2.05) is 32.2 Å². The molecule has 0 saturated heterocycles. The molecule has 0 aliphatic rings. The summed E-state index contributed by atoms with van der Waals surface area (Å²) >= 11 is 0. The monoisotopic (exact) mass is 287 g/mol. The van der Waals surface area contributed by atoms with Crippen LogP contribution in [0.2, 0.25) is 0 Å². The van der Waals surface area contributed by atoms with Gasteiger partial charge in [-0.05, 0) is 17.7 Å². The summed E-state index contributed by atoms with van der Waals surface area (Å²) in [7, 11) is 10.2. The van der Waals surface area contributed by atoms with Crippen LogP contribution in [-0.2, 0) is 20.1 Å². The van der Waals surface area contributed by atoms with Crippen LogP contribution >= 0.6 is 0 Å². The Morgan fingerprint density at radius 1 is 1.00 bits per heavy atom. The molecule has 2 rings (SSSR count). The molecule has 0 aliphatic heterocycles. The molecule has 0 bridgehead atoms. The van der Waals surface area contributed by atoms with E-state index in [2.05, 4.69) is 58.1 Å². The summed E-state index contributed by atoms with van der Waals surface area (Å²) in [6, 6.07) is 8.62. The number of nitrogens with one attached hydrogen (secondary N) is 1. The van der Waals surface area contributed by atoms with Crippen molar-refractivity contribution in [2.24, 2.45) is 7.05 Å². The molecule has 1 heterocycles. The minimum Gasteiger partial charge on any atom is -0.378 e. The van der Waals surface area contributed by atoms with Crippen LogP contribution in [0.1, 0.15) is 11.3 Å². The summed E-state index contributed by atoms with van der Waals surface area (Å²) in [6.07, 6.45) is 1.93. The highest BCUT2D eigenvalue weighted by molar-refractivity contribution is 5.45. The highest BCUT2D eigenvalue weighted by Gasteiger charge is 2.07. The third kappa shape index (κ3) is 3.76. The Labute approximate surface area is 127 Å². The number of hydrogen-bond acceptors (Lipinski definition) is 4. The zero-order valence-electron chi connectivity index (χ0n) is 13.6. The fourth-order valence-corrected chi connectivity index (χ4v) is 2.26.